The van der Waals surface area contributed by atoms with Crippen molar-refractivity contribution in [3.63, 3.8) is 0 Å². The summed E-state index contributed by atoms with van der Waals surface area (Å²) in [5, 5.41) is 10.9. The van der Waals surface area contributed by atoms with E-state index in [0.717, 1.165) is 19.1 Å². The standard InChI is InChI=1S/C13H24N2O2/c16-13(12-14-17)8-4-3-7-11-15-9-5-1-2-6-10-15/h12,17H,1-11H2/b14-12+. The number of hydrogen-bond acceptors (Lipinski definition) is 4. The molecule has 4 nitrogen and oxygen atoms in total. The fourth-order valence-corrected chi connectivity index (χ4v) is 2.30. The van der Waals surface area contributed by atoms with E-state index in [1.54, 1.807) is 0 Å². The monoisotopic (exact) mass is 240 g/mol. The van der Waals surface area contributed by atoms with Crippen molar-refractivity contribution in [1.29, 1.82) is 0 Å². The number of Topliss-reactive ketones (excluding diaryl/α,β-unsaturated/α-hetero) is 1. The highest BCUT2D eigenvalue weighted by Gasteiger charge is 2.08. The molecule has 17 heavy (non-hydrogen) atoms. The maximum atomic E-state index is 11.0. The number of carbonyl (C=O) groups is 1. The van der Waals surface area contributed by atoms with Gasteiger partial charge in [-0.05, 0) is 45.3 Å². The summed E-state index contributed by atoms with van der Waals surface area (Å²) in [7, 11) is 0. The Bertz CT molecular complexity index is 234. The molecule has 0 saturated carbocycles. The lowest BCUT2D eigenvalue weighted by Gasteiger charge is -2.19. The minimum atomic E-state index is -0.0812. The van der Waals surface area contributed by atoms with E-state index in [0.29, 0.717) is 6.42 Å². The van der Waals surface area contributed by atoms with Gasteiger partial charge in [0.25, 0.3) is 0 Å². The molecule has 1 N–H and O–H groups in total. The fraction of sp³-hybridized carbons (Fsp3) is 0.846. The Morgan fingerprint density at radius 2 is 1.82 bits per heavy atom. The van der Waals surface area contributed by atoms with E-state index in [2.05, 4.69) is 10.1 Å². The molecule has 0 radical (unpaired) electrons. The Hall–Kier alpha value is -0.900. The molecule has 1 aliphatic rings. The zero-order valence-electron chi connectivity index (χ0n) is 10.6. The zero-order valence-corrected chi connectivity index (χ0v) is 10.6. The van der Waals surface area contributed by atoms with Crippen LogP contribution < -0.4 is 0 Å². The third-order valence-corrected chi connectivity index (χ3v) is 3.30. The minimum absolute atomic E-state index is 0.0812. The topological polar surface area (TPSA) is 52.9 Å². The molecular weight excluding hydrogens is 216 g/mol. The maximum absolute atomic E-state index is 11.0. The highest BCUT2D eigenvalue weighted by atomic mass is 16.4. The Kier molecular flexibility index (Phi) is 7.63. The van der Waals surface area contributed by atoms with E-state index in [-0.39, 0.29) is 5.78 Å². The third kappa shape index (κ3) is 7.10. The quantitative estimate of drug-likeness (QED) is 0.322. The van der Waals surface area contributed by atoms with Gasteiger partial charge in [-0.15, -0.1) is 0 Å². The van der Waals surface area contributed by atoms with Gasteiger partial charge in [-0.2, -0.15) is 0 Å². The van der Waals surface area contributed by atoms with E-state index in [1.165, 1.54) is 51.7 Å². The first-order valence-corrected chi connectivity index (χ1v) is 6.75. The van der Waals surface area contributed by atoms with Crippen LogP contribution in [0.1, 0.15) is 51.4 Å². The molecule has 0 aromatic carbocycles. The Morgan fingerprint density at radius 3 is 2.47 bits per heavy atom. The van der Waals surface area contributed by atoms with Crippen molar-refractivity contribution in [2.75, 3.05) is 19.6 Å². The molecular formula is C13H24N2O2. The molecule has 1 fully saturated rings. The molecule has 0 aromatic heterocycles. The lowest BCUT2D eigenvalue weighted by molar-refractivity contribution is -0.112. The maximum Gasteiger partial charge on any atom is 0.177 e. The molecule has 98 valence electrons. The second-order valence-electron chi connectivity index (χ2n) is 4.78. The Balaban J connectivity index is 1.97. The summed E-state index contributed by atoms with van der Waals surface area (Å²) in [6, 6.07) is 0. The average molecular weight is 240 g/mol. The van der Waals surface area contributed by atoms with Crippen molar-refractivity contribution in [2.24, 2.45) is 5.16 Å². The second kappa shape index (κ2) is 9.16. The lowest BCUT2D eigenvalue weighted by Crippen LogP contribution is -2.25. The molecule has 0 aliphatic carbocycles. The van der Waals surface area contributed by atoms with Crippen LogP contribution in [0.25, 0.3) is 0 Å². The van der Waals surface area contributed by atoms with Gasteiger partial charge in [0.1, 0.15) is 6.21 Å². The summed E-state index contributed by atoms with van der Waals surface area (Å²) in [6.07, 6.45) is 10.1. The Morgan fingerprint density at radius 1 is 1.12 bits per heavy atom. The molecule has 0 unspecified atom stereocenters. The van der Waals surface area contributed by atoms with E-state index in [9.17, 15) is 4.79 Å². The molecule has 1 saturated heterocycles. The first-order valence-electron chi connectivity index (χ1n) is 6.75. The van der Waals surface area contributed by atoms with Crippen molar-refractivity contribution in [3.8, 4) is 0 Å². The normalized spacial score (nSPS) is 18.4. The molecule has 0 amide bonds. The second-order valence-corrected chi connectivity index (χ2v) is 4.78. The number of hydrogen-bond donors (Lipinski definition) is 1. The van der Waals surface area contributed by atoms with E-state index in [1.807, 2.05) is 0 Å². The summed E-state index contributed by atoms with van der Waals surface area (Å²) in [4.78, 5) is 13.6. The molecule has 1 rings (SSSR count). The SMILES string of the molecule is O=C(/C=N/O)CCCCCN1CCCCCC1. The minimum Gasteiger partial charge on any atom is -0.411 e. The van der Waals surface area contributed by atoms with Gasteiger partial charge in [-0.1, -0.05) is 24.4 Å². The largest absolute Gasteiger partial charge is 0.411 e. The summed E-state index contributed by atoms with van der Waals surface area (Å²) in [6.45, 7) is 3.66. The van der Waals surface area contributed by atoms with Crippen LogP contribution in [-0.4, -0.2) is 41.7 Å². The van der Waals surface area contributed by atoms with Crippen molar-refractivity contribution in [2.45, 2.75) is 51.4 Å². The average Bonchev–Trinajstić information content (AvgIpc) is 2.57. The summed E-state index contributed by atoms with van der Waals surface area (Å²) in [5.74, 6) is -0.0812. The van der Waals surface area contributed by atoms with Crippen LogP contribution in [0.5, 0.6) is 0 Å². The fourth-order valence-electron chi connectivity index (χ4n) is 2.30. The first-order chi connectivity index (χ1) is 8.33. The van der Waals surface area contributed by atoms with E-state index < -0.39 is 0 Å². The molecule has 1 aliphatic heterocycles. The van der Waals surface area contributed by atoms with Crippen LogP contribution >= 0.6 is 0 Å². The molecule has 4 heteroatoms. The predicted octanol–water partition coefficient (Wildman–Crippen LogP) is 2.45. The highest BCUT2D eigenvalue weighted by molar-refractivity contribution is 6.27. The zero-order chi connectivity index (χ0) is 12.3. The molecule has 0 atom stereocenters. The van der Waals surface area contributed by atoms with Gasteiger partial charge in [0.2, 0.25) is 0 Å². The molecule has 0 spiro atoms. The number of unbranched alkanes of at least 4 members (excludes halogenated alkanes) is 2. The van der Waals surface area contributed by atoms with E-state index >= 15 is 0 Å². The first kappa shape index (κ1) is 14.2. The third-order valence-electron chi connectivity index (χ3n) is 3.30. The van der Waals surface area contributed by atoms with Crippen LogP contribution in [0.15, 0.2) is 5.16 Å². The summed E-state index contributed by atoms with van der Waals surface area (Å²) in [5.41, 5.74) is 0. The van der Waals surface area contributed by atoms with Crippen LogP contribution in [0, 0.1) is 0 Å². The summed E-state index contributed by atoms with van der Waals surface area (Å²) < 4.78 is 0. The molecule has 0 bridgehead atoms. The van der Waals surface area contributed by atoms with Gasteiger partial charge in [0.15, 0.2) is 5.78 Å². The number of nitrogens with zero attached hydrogens (tertiary/aromatic N) is 2. The van der Waals surface area contributed by atoms with Crippen LogP contribution in [0.3, 0.4) is 0 Å². The summed E-state index contributed by atoms with van der Waals surface area (Å²) >= 11 is 0. The number of ketones is 1. The number of likely N-dealkylation sites (tertiary alicyclic amines) is 1. The van der Waals surface area contributed by atoms with Gasteiger partial charge in [0, 0.05) is 6.42 Å². The smallest absolute Gasteiger partial charge is 0.177 e. The Labute approximate surface area is 104 Å². The van der Waals surface area contributed by atoms with Crippen LogP contribution in [0.2, 0.25) is 0 Å². The van der Waals surface area contributed by atoms with Crippen LogP contribution in [-0.2, 0) is 4.79 Å². The van der Waals surface area contributed by atoms with Gasteiger partial charge >= 0.3 is 0 Å². The molecule has 1 heterocycles. The number of oxime groups is 1. The van der Waals surface area contributed by atoms with Gasteiger partial charge in [-0.3, -0.25) is 4.79 Å². The van der Waals surface area contributed by atoms with Gasteiger partial charge < -0.3 is 10.1 Å². The van der Waals surface area contributed by atoms with Gasteiger partial charge in [0.05, 0.1) is 0 Å². The van der Waals surface area contributed by atoms with Crippen molar-refractivity contribution in [3.05, 3.63) is 0 Å². The van der Waals surface area contributed by atoms with Crippen LogP contribution in [0.4, 0.5) is 0 Å². The van der Waals surface area contributed by atoms with Crippen molar-refractivity contribution in [1.82, 2.24) is 4.90 Å². The van der Waals surface area contributed by atoms with Gasteiger partial charge in [-0.25, -0.2) is 0 Å². The van der Waals surface area contributed by atoms with Crippen molar-refractivity contribution < 1.29 is 10.0 Å². The number of carbonyl (C=O) groups excluding carboxylic acids is 1. The lowest BCUT2D eigenvalue weighted by atomic mass is 10.1. The number of rotatable bonds is 7. The van der Waals surface area contributed by atoms with E-state index in [4.69, 9.17) is 5.21 Å². The van der Waals surface area contributed by atoms with Crippen molar-refractivity contribution >= 4 is 12.0 Å². The highest BCUT2D eigenvalue weighted by Crippen LogP contribution is 2.11. The predicted molar refractivity (Wildman–Crippen MR) is 68.7 cm³/mol. The molecule has 0 aromatic rings.